The third-order valence-corrected chi connectivity index (χ3v) is 11.0. The fourth-order valence-corrected chi connectivity index (χ4v) is 7.70. The number of phenolic OH excluding ortho intramolecular Hbond substituents is 1. The molecule has 0 fully saturated rings. The van der Waals surface area contributed by atoms with Crippen LogP contribution in [0.15, 0.2) is 97.5 Å². The lowest BCUT2D eigenvalue weighted by Crippen LogP contribution is -2.47. The number of amides is 2. The number of nitrogens with two attached hydrogens (primary N) is 1. The number of hydrogen-bond acceptors (Lipinski definition) is 7. The molecule has 0 saturated carbocycles. The van der Waals surface area contributed by atoms with Crippen LogP contribution in [0.3, 0.4) is 0 Å². The van der Waals surface area contributed by atoms with Gasteiger partial charge in [0.1, 0.15) is 5.75 Å². The van der Waals surface area contributed by atoms with Gasteiger partial charge in [0.2, 0.25) is 11.8 Å². The number of carbonyl (C=O) groups is 4. The first kappa shape index (κ1) is 41.3. The number of rotatable bonds is 20. The molecule has 0 spiro atoms. The van der Waals surface area contributed by atoms with Crippen LogP contribution >= 0.6 is 23.2 Å². The molecule has 0 bridgehead atoms. The van der Waals surface area contributed by atoms with E-state index >= 15 is 0 Å². The first-order chi connectivity index (χ1) is 27.6. The molecule has 2 amide bonds. The highest BCUT2D eigenvalue weighted by atomic mass is 35.5. The van der Waals surface area contributed by atoms with Crippen LogP contribution in [0.2, 0.25) is 10.0 Å². The van der Waals surface area contributed by atoms with E-state index in [2.05, 4.69) is 26.7 Å². The first-order valence-electron chi connectivity index (χ1n) is 19.3. The van der Waals surface area contributed by atoms with Crippen molar-refractivity contribution in [3.05, 3.63) is 135 Å². The molecular weight excluding hydrogens is 761 g/mol. The van der Waals surface area contributed by atoms with Crippen LogP contribution in [0, 0.1) is 5.92 Å². The van der Waals surface area contributed by atoms with Gasteiger partial charge in [-0.1, -0.05) is 47.5 Å². The summed E-state index contributed by atoms with van der Waals surface area (Å²) >= 11 is 12.5. The van der Waals surface area contributed by atoms with E-state index in [0.29, 0.717) is 41.2 Å². The van der Waals surface area contributed by atoms with E-state index < -0.39 is 23.9 Å². The molecule has 0 unspecified atom stereocenters. The third kappa shape index (κ3) is 11.4. The summed E-state index contributed by atoms with van der Waals surface area (Å²) in [5, 5.41) is 18.0. The molecule has 0 radical (unpaired) electrons. The van der Waals surface area contributed by atoms with Crippen molar-refractivity contribution < 1.29 is 24.3 Å². The van der Waals surface area contributed by atoms with Crippen molar-refractivity contribution in [1.29, 1.82) is 0 Å². The number of pyridine rings is 1. The Bertz CT molecular complexity index is 2240. The SMILES string of the molecule is NCCCC(=O)N[C@@H](Cc1c[nH]c2ccc(O)cc12)C(=O)C[C@@H](Cc1ccc(Cl)cc1)C(=O)N[C@@H](Cc1ccncc1)C(=O)CCCC1=CCc2ccc(Cl)cc21. The van der Waals surface area contributed by atoms with Crippen molar-refractivity contribution in [2.75, 3.05) is 6.54 Å². The second-order valence-corrected chi connectivity index (χ2v) is 15.5. The Morgan fingerprint density at radius 3 is 2.32 bits per heavy atom. The number of aromatic hydroxyl groups is 1. The Balaban J connectivity index is 1.22. The lowest BCUT2D eigenvalue weighted by atomic mass is 9.88. The molecule has 1 aliphatic rings. The van der Waals surface area contributed by atoms with Crippen molar-refractivity contribution in [3.63, 3.8) is 0 Å². The van der Waals surface area contributed by atoms with Gasteiger partial charge in [-0.25, -0.2) is 0 Å². The second kappa shape index (κ2) is 19.7. The number of aromatic nitrogens is 2. The zero-order chi connectivity index (χ0) is 40.3. The maximum Gasteiger partial charge on any atom is 0.224 e. The number of Topliss-reactive ketones (excluding diaryl/α,β-unsaturated/α-hetero) is 2. The van der Waals surface area contributed by atoms with Gasteiger partial charge in [0.25, 0.3) is 0 Å². The van der Waals surface area contributed by atoms with Crippen LogP contribution in [0.25, 0.3) is 16.5 Å². The number of fused-ring (bicyclic) bond motifs is 2. The predicted octanol–water partition coefficient (Wildman–Crippen LogP) is 7.27. The van der Waals surface area contributed by atoms with Crippen LogP contribution in [0.4, 0.5) is 0 Å². The molecule has 3 atom stereocenters. The highest BCUT2D eigenvalue weighted by Gasteiger charge is 2.31. The van der Waals surface area contributed by atoms with Crippen molar-refractivity contribution in [2.24, 2.45) is 11.7 Å². The molecule has 1 aliphatic carbocycles. The summed E-state index contributed by atoms with van der Waals surface area (Å²) in [7, 11) is 0. The Morgan fingerprint density at radius 2 is 1.54 bits per heavy atom. The van der Waals surface area contributed by atoms with Gasteiger partial charge in [-0.05, 0) is 133 Å². The number of nitrogens with zero attached hydrogens (tertiary/aromatic N) is 1. The monoisotopic (exact) mass is 807 g/mol. The zero-order valence-corrected chi connectivity index (χ0v) is 33.1. The number of ketones is 2. The van der Waals surface area contributed by atoms with E-state index in [9.17, 15) is 24.3 Å². The quantitative estimate of drug-likeness (QED) is 0.0552. The molecule has 6 rings (SSSR count). The number of halogens is 2. The van der Waals surface area contributed by atoms with Gasteiger partial charge in [0.05, 0.1) is 12.1 Å². The van der Waals surface area contributed by atoms with Crippen molar-refractivity contribution in [2.45, 2.75) is 76.3 Å². The zero-order valence-electron chi connectivity index (χ0n) is 31.6. The van der Waals surface area contributed by atoms with E-state index in [1.165, 1.54) is 5.56 Å². The maximum atomic E-state index is 14.4. The normalized spacial score (nSPS) is 13.7. The van der Waals surface area contributed by atoms with E-state index in [0.717, 1.165) is 39.8 Å². The fraction of sp³-hybridized carbons (Fsp3) is 0.311. The number of hydrogen-bond donors (Lipinski definition) is 5. The molecule has 296 valence electrons. The summed E-state index contributed by atoms with van der Waals surface area (Å²) in [6.07, 6.45) is 10.5. The van der Waals surface area contributed by atoms with Gasteiger partial charge in [0.15, 0.2) is 11.6 Å². The molecule has 2 aromatic heterocycles. The van der Waals surface area contributed by atoms with Gasteiger partial charge in [0, 0.05) is 71.1 Å². The average Bonchev–Trinajstić information content (AvgIpc) is 3.80. The van der Waals surface area contributed by atoms with Crippen LogP contribution < -0.4 is 16.4 Å². The Morgan fingerprint density at radius 1 is 0.807 bits per heavy atom. The molecule has 5 aromatic rings. The number of nitrogens with one attached hydrogen (secondary N) is 3. The summed E-state index contributed by atoms with van der Waals surface area (Å²) in [6.45, 7) is 0.317. The number of carbonyl (C=O) groups excluding carboxylic acids is 4. The minimum Gasteiger partial charge on any atom is -0.508 e. The number of benzene rings is 3. The molecule has 2 heterocycles. The van der Waals surface area contributed by atoms with Gasteiger partial charge in [-0.3, -0.25) is 24.2 Å². The van der Waals surface area contributed by atoms with Crippen LogP contribution in [-0.4, -0.2) is 57.1 Å². The summed E-state index contributed by atoms with van der Waals surface area (Å²) in [5.74, 6) is -2.05. The predicted molar refractivity (Wildman–Crippen MR) is 224 cm³/mol. The molecule has 12 heteroatoms. The summed E-state index contributed by atoms with van der Waals surface area (Å²) in [6, 6.07) is 19.6. The summed E-state index contributed by atoms with van der Waals surface area (Å²) < 4.78 is 0. The lowest BCUT2D eigenvalue weighted by Gasteiger charge is -2.24. The molecule has 10 nitrogen and oxygen atoms in total. The Kier molecular flexibility index (Phi) is 14.3. The Hall–Kier alpha value is -5.29. The van der Waals surface area contributed by atoms with E-state index in [1.807, 2.05) is 30.3 Å². The Labute approximate surface area is 342 Å². The highest BCUT2D eigenvalue weighted by Crippen LogP contribution is 2.33. The fourth-order valence-electron chi connectivity index (χ4n) is 7.40. The lowest BCUT2D eigenvalue weighted by molar-refractivity contribution is -0.133. The number of allylic oxidation sites excluding steroid dienone is 2. The molecule has 3 aromatic carbocycles. The van der Waals surface area contributed by atoms with Crippen LogP contribution in [-0.2, 0) is 44.9 Å². The standard InChI is InChI=1S/C45H47Cl2N5O5/c46-34-11-6-28(7-12-34)21-32(24-43(55)41(51-44(56)5-2-18-48)23-33-27-50-39-15-14-36(53)26-38(33)39)45(57)52-40(22-29-16-19-49-20-17-29)42(54)4-1-3-30-8-9-31-10-13-35(47)25-37(30)31/h6-8,10-17,19-20,25-27,32,40-41,50,53H,1-5,9,18,21-24,48H2,(H,51,56)(H,52,57)/t32-,40+,41+/m1/s1. The first-order valence-corrected chi connectivity index (χ1v) is 20.1. The van der Waals surface area contributed by atoms with Gasteiger partial charge in [-0.2, -0.15) is 0 Å². The summed E-state index contributed by atoms with van der Waals surface area (Å²) in [4.78, 5) is 63.0. The summed E-state index contributed by atoms with van der Waals surface area (Å²) in [5.41, 5.74) is 12.2. The van der Waals surface area contributed by atoms with E-state index in [4.69, 9.17) is 28.9 Å². The largest absolute Gasteiger partial charge is 0.508 e. The average molecular weight is 809 g/mol. The van der Waals surface area contributed by atoms with E-state index in [1.54, 1.807) is 61.1 Å². The molecule has 0 saturated heterocycles. The van der Waals surface area contributed by atoms with Crippen molar-refractivity contribution >= 4 is 63.1 Å². The molecule has 0 aliphatic heterocycles. The number of phenols is 1. The smallest absolute Gasteiger partial charge is 0.224 e. The minimum absolute atomic E-state index is 0.0691. The topological polar surface area (TPSA) is 167 Å². The molecular formula is C45H47Cl2N5O5. The molecule has 6 N–H and O–H groups in total. The van der Waals surface area contributed by atoms with Crippen LogP contribution in [0.1, 0.15) is 66.3 Å². The second-order valence-electron chi connectivity index (χ2n) is 14.6. The molecule has 57 heavy (non-hydrogen) atoms. The number of aromatic amines is 1. The van der Waals surface area contributed by atoms with Gasteiger partial charge >= 0.3 is 0 Å². The highest BCUT2D eigenvalue weighted by molar-refractivity contribution is 6.31. The van der Waals surface area contributed by atoms with E-state index in [-0.39, 0.29) is 61.7 Å². The third-order valence-electron chi connectivity index (χ3n) is 10.5. The van der Waals surface area contributed by atoms with Crippen molar-refractivity contribution in [1.82, 2.24) is 20.6 Å². The van der Waals surface area contributed by atoms with Crippen molar-refractivity contribution in [3.8, 4) is 5.75 Å². The van der Waals surface area contributed by atoms with Gasteiger partial charge in [-0.15, -0.1) is 0 Å². The van der Waals surface area contributed by atoms with Gasteiger partial charge < -0.3 is 26.5 Å². The number of H-pyrrole nitrogens is 1. The minimum atomic E-state index is -0.976. The maximum absolute atomic E-state index is 14.4. The van der Waals surface area contributed by atoms with Crippen LogP contribution in [0.5, 0.6) is 5.75 Å².